The number of hydrogen-bond donors (Lipinski definition) is 2. The number of aryl methyl sites for hydroxylation is 2. The molecule has 2 aromatic rings. The van der Waals surface area contributed by atoms with Crippen molar-refractivity contribution in [3.63, 3.8) is 0 Å². The molecule has 21 heavy (non-hydrogen) atoms. The molecule has 0 saturated carbocycles. The number of amides is 1. The van der Waals surface area contributed by atoms with Crippen molar-refractivity contribution in [2.75, 3.05) is 18.2 Å². The molecule has 0 bridgehead atoms. The third kappa shape index (κ3) is 4.24. The van der Waals surface area contributed by atoms with Crippen molar-refractivity contribution in [3.05, 3.63) is 36.2 Å². The quantitative estimate of drug-likeness (QED) is 0.798. The maximum Gasteiger partial charge on any atom is 0.224 e. The van der Waals surface area contributed by atoms with Crippen LogP contribution in [0.1, 0.15) is 18.4 Å². The molecule has 0 atom stereocenters. The van der Waals surface area contributed by atoms with Crippen LogP contribution in [0.15, 0.2) is 30.6 Å². The maximum atomic E-state index is 12.0. The second kappa shape index (κ2) is 6.78. The van der Waals surface area contributed by atoms with Crippen molar-refractivity contribution in [2.24, 2.45) is 0 Å². The standard InChI is InChI=1S/C15H20N4O2/c1-11-9-17-19(10-11)7-3-4-15(20)18-13-8-12(16)5-6-14(13)21-2/h5-6,8-10H,3-4,7,16H2,1-2H3,(H,18,20). The number of nitrogens with zero attached hydrogens (tertiary/aromatic N) is 2. The summed E-state index contributed by atoms with van der Waals surface area (Å²) in [5.41, 5.74) is 8.01. The van der Waals surface area contributed by atoms with E-state index in [1.165, 1.54) is 0 Å². The zero-order chi connectivity index (χ0) is 15.2. The summed E-state index contributed by atoms with van der Waals surface area (Å²) in [5.74, 6) is 0.531. The highest BCUT2D eigenvalue weighted by molar-refractivity contribution is 5.92. The topological polar surface area (TPSA) is 82.2 Å². The number of carbonyl (C=O) groups is 1. The van der Waals surface area contributed by atoms with Crippen LogP contribution < -0.4 is 15.8 Å². The molecular formula is C15H20N4O2. The summed E-state index contributed by atoms with van der Waals surface area (Å²) < 4.78 is 7.03. The lowest BCUT2D eigenvalue weighted by molar-refractivity contribution is -0.116. The van der Waals surface area contributed by atoms with Crippen molar-refractivity contribution >= 4 is 17.3 Å². The van der Waals surface area contributed by atoms with E-state index in [0.29, 0.717) is 23.5 Å². The van der Waals surface area contributed by atoms with Crippen LogP contribution in [0.5, 0.6) is 5.75 Å². The number of anilines is 2. The fourth-order valence-electron chi connectivity index (χ4n) is 2.03. The zero-order valence-electron chi connectivity index (χ0n) is 12.3. The molecule has 6 nitrogen and oxygen atoms in total. The largest absolute Gasteiger partial charge is 0.495 e. The van der Waals surface area contributed by atoms with Gasteiger partial charge in [0.05, 0.1) is 19.0 Å². The van der Waals surface area contributed by atoms with Gasteiger partial charge in [0.2, 0.25) is 5.91 Å². The van der Waals surface area contributed by atoms with Crippen LogP contribution in [0.4, 0.5) is 11.4 Å². The molecule has 112 valence electrons. The number of nitrogen functional groups attached to an aromatic ring is 1. The van der Waals surface area contributed by atoms with E-state index in [1.807, 2.05) is 17.8 Å². The van der Waals surface area contributed by atoms with Crippen LogP contribution in [0.2, 0.25) is 0 Å². The highest BCUT2D eigenvalue weighted by atomic mass is 16.5. The molecule has 0 radical (unpaired) electrons. The van der Waals surface area contributed by atoms with E-state index in [9.17, 15) is 4.79 Å². The van der Waals surface area contributed by atoms with Gasteiger partial charge in [0, 0.05) is 24.8 Å². The van der Waals surface area contributed by atoms with E-state index in [4.69, 9.17) is 10.5 Å². The molecule has 0 aliphatic rings. The van der Waals surface area contributed by atoms with Gasteiger partial charge in [-0.05, 0) is 37.1 Å². The van der Waals surface area contributed by atoms with Crippen LogP contribution >= 0.6 is 0 Å². The summed E-state index contributed by atoms with van der Waals surface area (Å²) in [5, 5.41) is 7.00. The van der Waals surface area contributed by atoms with Crippen molar-refractivity contribution in [2.45, 2.75) is 26.3 Å². The molecule has 0 aliphatic heterocycles. The molecule has 6 heteroatoms. The normalized spacial score (nSPS) is 10.4. The Morgan fingerprint density at radius 3 is 2.95 bits per heavy atom. The first-order chi connectivity index (χ1) is 10.1. The maximum absolute atomic E-state index is 12.0. The summed E-state index contributed by atoms with van der Waals surface area (Å²) in [6, 6.07) is 5.15. The van der Waals surface area contributed by atoms with Gasteiger partial charge < -0.3 is 15.8 Å². The number of hydrogen-bond acceptors (Lipinski definition) is 4. The molecule has 1 aromatic heterocycles. The number of methoxy groups -OCH3 is 1. The Kier molecular flexibility index (Phi) is 4.81. The third-order valence-electron chi connectivity index (χ3n) is 3.05. The third-order valence-corrected chi connectivity index (χ3v) is 3.05. The van der Waals surface area contributed by atoms with Gasteiger partial charge in [-0.1, -0.05) is 0 Å². The summed E-state index contributed by atoms with van der Waals surface area (Å²) >= 11 is 0. The highest BCUT2D eigenvalue weighted by Crippen LogP contribution is 2.26. The Bertz CT molecular complexity index is 622. The number of rotatable bonds is 6. The Morgan fingerprint density at radius 1 is 1.48 bits per heavy atom. The average molecular weight is 288 g/mol. The molecule has 0 fully saturated rings. The number of benzene rings is 1. The van der Waals surface area contributed by atoms with Crippen LogP contribution in [0.3, 0.4) is 0 Å². The minimum absolute atomic E-state index is 0.0669. The summed E-state index contributed by atoms with van der Waals surface area (Å²) in [7, 11) is 1.56. The molecule has 2 rings (SSSR count). The predicted octanol–water partition coefficient (Wildman–Crippen LogP) is 2.20. The van der Waals surface area contributed by atoms with Crippen LogP contribution in [0, 0.1) is 6.92 Å². The Morgan fingerprint density at radius 2 is 2.29 bits per heavy atom. The Balaban J connectivity index is 1.85. The SMILES string of the molecule is COc1ccc(N)cc1NC(=O)CCCn1cc(C)cn1. The van der Waals surface area contributed by atoms with Gasteiger partial charge in [0.15, 0.2) is 0 Å². The van der Waals surface area contributed by atoms with E-state index in [0.717, 1.165) is 18.5 Å². The van der Waals surface area contributed by atoms with Crippen LogP contribution in [0.25, 0.3) is 0 Å². The first-order valence-corrected chi connectivity index (χ1v) is 6.81. The lowest BCUT2D eigenvalue weighted by Crippen LogP contribution is -2.13. The van der Waals surface area contributed by atoms with Crippen molar-refractivity contribution in [3.8, 4) is 5.75 Å². The number of aromatic nitrogens is 2. The average Bonchev–Trinajstić information content (AvgIpc) is 2.85. The summed E-state index contributed by atoms with van der Waals surface area (Å²) in [4.78, 5) is 12.0. The fraction of sp³-hybridized carbons (Fsp3) is 0.333. The Hall–Kier alpha value is -2.50. The summed E-state index contributed by atoms with van der Waals surface area (Å²) in [6.07, 6.45) is 4.89. The summed E-state index contributed by atoms with van der Waals surface area (Å²) in [6.45, 7) is 2.71. The molecule has 3 N–H and O–H groups in total. The first-order valence-electron chi connectivity index (χ1n) is 6.81. The van der Waals surface area contributed by atoms with Gasteiger partial charge in [-0.25, -0.2) is 0 Å². The van der Waals surface area contributed by atoms with E-state index in [-0.39, 0.29) is 5.91 Å². The van der Waals surface area contributed by atoms with Gasteiger partial charge in [0.25, 0.3) is 0 Å². The van der Waals surface area contributed by atoms with E-state index < -0.39 is 0 Å². The molecule has 1 aromatic carbocycles. The first kappa shape index (κ1) is 14.9. The van der Waals surface area contributed by atoms with Crippen LogP contribution in [-0.2, 0) is 11.3 Å². The van der Waals surface area contributed by atoms with Gasteiger partial charge in [-0.15, -0.1) is 0 Å². The lowest BCUT2D eigenvalue weighted by Gasteiger charge is -2.10. The molecule has 0 saturated heterocycles. The smallest absolute Gasteiger partial charge is 0.224 e. The lowest BCUT2D eigenvalue weighted by atomic mass is 10.2. The predicted molar refractivity (Wildman–Crippen MR) is 82.2 cm³/mol. The molecule has 0 unspecified atom stereocenters. The molecular weight excluding hydrogens is 268 g/mol. The van der Waals surface area contributed by atoms with Crippen LogP contribution in [-0.4, -0.2) is 22.8 Å². The number of nitrogens with one attached hydrogen (secondary N) is 1. The van der Waals surface area contributed by atoms with Gasteiger partial charge in [0.1, 0.15) is 5.75 Å². The zero-order valence-corrected chi connectivity index (χ0v) is 12.3. The second-order valence-corrected chi connectivity index (χ2v) is 4.89. The number of carbonyl (C=O) groups excluding carboxylic acids is 1. The minimum Gasteiger partial charge on any atom is -0.495 e. The van der Waals surface area contributed by atoms with Gasteiger partial charge in [-0.2, -0.15) is 5.10 Å². The van der Waals surface area contributed by atoms with Gasteiger partial charge in [-0.3, -0.25) is 9.48 Å². The highest BCUT2D eigenvalue weighted by Gasteiger charge is 2.08. The molecule has 1 amide bonds. The Labute approximate surface area is 123 Å². The van der Waals surface area contributed by atoms with Crippen molar-refractivity contribution in [1.82, 2.24) is 9.78 Å². The van der Waals surface area contributed by atoms with E-state index in [1.54, 1.807) is 31.5 Å². The second-order valence-electron chi connectivity index (χ2n) is 4.89. The molecule has 0 spiro atoms. The monoisotopic (exact) mass is 288 g/mol. The van der Waals surface area contributed by atoms with E-state index >= 15 is 0 Å². The van der Waals surface area contributed by atoms with Crippen molar-refractivity contribution in [1.29, 1.82) is 0 Å². The minimum atomic E-state index is -0.0669. The molecule has 1 heterocycles. The fourth-order valence-corrected chi connectivity index (χ4v) is 2.03. The van der Waals surface area contributed by atoms with Gasteiger partial charge >= 0.3 is 0 Å². The van der Waals surface area contributed by atoms with E-state index in [2.05, 4.69) is 10.4 Å². The van der Waals surface area contributed by atoms with Crippen molar-refractivity contribution < 1.29 is 9.53 Å². The number of ether oxygens (including phenoxy) is 1. The molecule has 0 aliphatic carbocycles. The number of nitrogens with two attached hydrogens (primary N) is 1.